The summed E-state index contributed by atoms with van der Waals surface area (Å²) >= 11 is 1.33. The van der Waals surface area contributed by atoms with Crippen molar-refractivity contribution < 1.29 is 13.2 Å². The van der Waals surface area contributed by atoms with E-state index in [0.29, 0.717) is 22.3 Å². The molecule has 0 saturated heterocycles. The van der Waals surface area contributed by atoms with Crippen molar-refractivity contribution in [3.05, 3.63) is 53.4 Å². The number of aryl methyl sites for hydroxylation is 1. The van der Waals surface area contributed by atoms with Crippen molar-refractivity contribution in [2.24, 2.45) is 0 Å². The standard InChI is InChI=1S/C21H25N3O3S2.C2H6/c1-3-4-5-6-15-7-10-17(11-8-15)29(25,26)24-18-13-16(9-12-20(18)27-2)19-14-28-21(22)23-19;1-2/h7-14,24H,3-6H2,1-2H3,(H2,22,23);1-2H3. The van der Waals surface area contributed by atoms with Gasteiger partial charge in [-0.15, -0.1) is 11.3 Å². The number of unbranched alkanes of at least 4 members (excludes halogenated alkanes) is 2. The number of nitrogens with zero attached hydrogens (tertiary/aromatic N) is 1. The Balaban J connectivity index is 0.00000166. The van der Waals surface area contributed by atoms with Crippen molar-refractivity contribution in [2.45, 2.75) is 51.3 Å². The molecule has 3 aromatic rings. The quantitative estimate of drug-likeness (QED) is 0.383. The second-order valence-electron chi connectivity index (χ2n) is 6.69. The molecule has 0 atom stereocenters. The van der Waals surface area contributed by atoms with Crippen molar-refractivity contribution in [2.75, 3.05) is 17.6 Å². The van der Waals surface area contributed by atoms with Crippen LogP contribution in [0.3, 0.4) is 0 Å². The van der Waals surface area contributed by atoms with E-state index < -0.39 is 10.0 Å². The summed E-state index contributed by atoms with van der Waals surface area (Å²) in [5.41, 5.74) is 8.64. The number of hydrogen-bond acceptors (Lipinski definition) is 6. The summed E-state index contributed by atoms with van der Waals surface area (Å²) < 4.78 is 33.7. The minimum absolute atomic E-state index is 0.210. The lowest BCUT2D eigenvalue weighted by atomic mass is 10.1. The summed E-state index contributed by atoms with van der Waals surface area (Å²) in [5.74, 6) is 0.428. The fourth-order valence-corrected chi connectivity index (χ4v) is 4.62. The van der Waals surface area contributed by atoms with E-state index in [4.69, 9.17) is 10.5 Å². The van der Waals surface area contributed by atoms with Gasteiger partial charge in [-0.1, -0.05) is 45.7 Å². The maximum atomic E-state index is 12.9. The smallest absolute Gasteiger partial charge is 0.262 e. The molecule has 1 heterocycles. The molecular weight excluding hydrogens is 430 g/mol. The van der Waals surface area contributed by atoms with Crippen molar-refractivity contribution in [1.82, 2.24) is 4.98 Å². The highest BCUT2D eigenvalue weighted by Crippen LogP contribution is 2.33. The first-order valence-electron chi connectivity index (χ1n) is 10.4. The topological polar surface area (TPSA) is 94.3 Å². The van der Waals surface area contributed by atoms with Crippen LogP contribution in [0, 0.1) is 0 Å². The lowest BCUT2D eigenvalue weighted by molar-refractivity contribution is 0.417. The Morgan fingerprint density at radius 2 is 1.81 bits per heavy atom. The van der Waals surface area contributed by atoms with Gasteiger partial charge in [-0.25, -0.2) is 13.4 Å². The first kappa shape index (κ1) is 24.7. The highest BCUT2D eigenvalue weighted by atomic mass is 32.2. The fraction of sp³-hybridized carbons (Fsp3) is 0.348. The highest BCUT2D eigenvalue weighted by molar-refractivity contribution is 7.92. The molecule has 0 radical (unpaired) electrons. The van der Waals surface area contributed by atoms with Gasteiger partial charge in [0.15, 0.2) is 5.13 Å². The minimum Gasteiger partial charge on any atom is -0.495 e. The Hall–Kier alpha value is -2.58. The van der Waals surface area contributed by atoms with Gasteiger partial charge in [0, 0.05) is 10.9 Å². The first-order valence-corrected chi connectivity index (χ1v) is 12.8. The van der Waals surface area contributed by atoms with Gasteiger partial charge in [-0.3, -0.25) is 4.72 Å². The number of methoxy groups -OCH3 is 1. The number of anilines is 2. The van der Waals surface area contributed by atoms with E-state index in [2.05, 4.69) is 16.6 Å². The Bertz CT molecular complexity index is 1060. The van der Waals surface area contributed by atoms with Gasteiger partial charge in [-0.05, 0) is 48.7 Å². The fourth-order valence-electron chi connectivity index (χ4n) is 2.99. The molecule has 0 fully saturated rings. The minimum atomic E-state index is -3.75. The number of sulfonamides is 1. The van der Waals surface area contributed by atoms with Crippen LogP contribution in [0.2, 0.25) is 0 Å². The molecule has 0 unspecified atom stereocenters. The third-order valence-corrected chi connectivity index (χ3v) is 6.62. The van der Waals surface area contributed by atoms with Crippen LogP contribution >= 0.6 is 11.3 Å². The second kappa shape index (κ2) is 11.7. The molecule has 3 N–H and O–H groups in total. The third-order valence-electron chi connectivity index (χ3n) is 4.56. The van der Waals surface area contributed by atoms with Gasteiger partial charge in [0.05, 0.1) is 23.4 Å². The third kappa shape index (κ3) is 6.70. The molecule has 0 aliphatic heterocycles. The molecule has 0 bridgehead atoms. The van der Waals surface area contributed by atoms with E-state index in [1.807, 2.05) is 37.4 Å². The molecule has 1 aromatic heterocycles. The van der Waals surface area contributed by atoms with E-state index >= 15 is 0 Å². The van der Waals surface area contributed by atoms with Crippen LogP contribution in [0.5, 0.6) is 5.75 Å². The zero-order valence-corrected chi connectivity index (χ0v) is 20.1. The maximum absolute atomic E-state index is 12.9. The van der Waals surface area contributed by atoms with Crippen LogP contribution in [-0.4, -0.2) is 20.5 Å². The molecule has 8 heteroatoms. The van der Waals surface area contributed by atoms with Gasteiger partial charge in [0.1, 0.15) is 5.75 Å². The van der Waals surface area contributed by atoms with Crippen LogP contribution in [0.1, 0.15) is 45.6 Å². The molecule has 31 heavy (non-hydrogen) atoms. The van der Waals surface area contributed by atoms with Gasteiger partial charge in [0.2, 0.25) is 0 Å². The van der Waals surface area contributed by atoms with Crippen LogP contribution in [0.15, 0.2) is 52.7 Å². The Kier molecular flexibility index (Phi) is 9.33. The Morgan fingerprint density at radius 3 is 2.39 bits per heavy atom. The number of nitrogen functional groups attached to an aromatic ring is 1. The summed E-state index contributed by atoms with van der Waals surface area (Å²) in [6.45, 7) is 6.16. The highest BCUT2D eigenvalue weighted by Gasteiger charge is 2.18. The zero-order valence-electron chi connectivity index (χ0n) is 18.5. The van der Waals surface area contributed by atoms with E-state index in [1.165, 1.54) is 24.9 Å². The number of nitrogens with two attached hydrogens (primary N) is 1. The molecule has 6 nitrogen and oxygen atoms in total. The zero-order chi connectivity index (χ0) is 22.9. The lowest BCUT2D eigenvalue weighted by Crippen LogP contribution is -2.13. The van der Waals surface area contributed by atoms with E-state index in [0.717, 1.165) is 30.4 Å². The number of benzene rings is 2. The van der Waals surface area contributed by atoms with Crippen LogP contribution in [0.4, 0.5) is 10.8 Å². The SMILES string of the molecule is CC.CCCCCc1ccc(S(=O)(=O)Nc2cc(-c3csc(N)n3)ccc2OC)cc1. The number of ether oxygens (including phenoxy) is 1. The molecule has 0 aliphatic rings. The monoisotopic (exact) mass is 461 g/mol. The largest absolute Gasteiger partial charge is 0.495 e. The average Bonchev–Trinajstić information content (AvgIpc) is 3.22. The molecule has 0 saturated carbocycles. The number of thiazole rings is 1. The number of rotatable bonds is 9. The van der Waals surface area contributed by atoms with Gasteiger partial charge in [0.25, 0.3) is 10.0 Å². The molecule has 0 amide bonds. The second-order valence-corrected chi connectivity index (χ2v) is 9.26. The number of aromatic nitrogens is 1. The van der Waals surface area contributed by atoms with Crippen molar-refractivity contribution in [1.29, 1.82) is 0 Å². The summed E-state index contributed by atoms with van der Waals surface area (Å²) in [7, 11) is -2.26. The molecule has 0 spiro atoms. The van der Waals surface area contributed by atoms with Crippen molar-refractivity contribution >= 4 is 32.2 Å². The normalized spacial score (nSPS) is 10.8. The number of hydrogen-bond donors (Lipinski definition) is 2. The van der Waals surface area contributed by atoms with Crippen LogP contribution in [-0.2, 0) is 16.4 Å². The Labute approximate surface area is 189 Å². The molecule has 3 rings (SSSR count). The van der Waals surface area contributed by atoms with E-state index in [-0.39, 0.29) is 4.90 Å². The van der Waals surface area contributed by atoms with Crippen LogP contribution < -0.4 is 15.2 Å². The molecular formula is C23H31N3O3S2. The molecule has 0 aliphatic carbocycles. The van der Waals surface area contributed by atoms with Gasteiger partial charge in [-0.2, -0.15) is 0 Å². The summed E-state index contributed by atoms with van der Waals surface area (Å²) in [4.78, 5) is 4.46. The maximum Gasteiger partial charge on any atom is 0.262 e. The van der Waals surface area contributed by atoms with Crippen molar-refractivity contribution in [3.63, 3.8) is 0 Å². The summed E-state index contributed by atoms with van der Waals surface area (Å²) in [6.07, 6.45) is 4.38. The van der Waals surface area contributed by atoms with Gasteiger partial charge < -0.3 is 10.5 Å². The van der Waals surface area contributed by atoms with Gasteiger partial charge >= 0.3 is 0 Å². The van der Waals surface area contributed by atoms with Crippen molar-refractivity contribution in [3.8, 4) is 17.0 Å². The molecule has 168 valence electrons. The summed E-state index contributed by atoms with van der Waals surface area (Å²) in [5, 5.41) is 2.28. The van der Waals surface area contributed by atoms with Crippen LogP contribution in [0.25, 0.3) is 11.3 Å². The average molecular weight is 462 g/mol. The Morgan fingerprint density at radius 1 is 1.10 bits per heavy atom. The summed E-state index contributed by atoms with van der Waals surface area (Å²) in [6, 6.07) is 12.2. The predicted octanol–water partition coefficient (Wildman–Crippen LogP) is 5.96. The lowest BCUT2D eigenvalue weighted by Gasteiger charge is -2.13. The first-order chi connectivity index (χ1) is 14.9. The van der Waals surface area contributed by atoms with E-state index in [1.54, 1.807) is 24.3 Å². The number of nitrogens with one attached hydrogen (secondary N) is 1. The predicted molar refractivity (Wildman–Crippen MR) is 130 cm³/mol. The van der Waals surface area contributed by atoms with E-state index in [9.17, 15) is 8.42 Å². The molecule has 2 aromatic carbocycles.